The van der Waals surface area contributed by atoms with Gasteiger partial charge in [-0.2, -0.15) is 0 Å². The van der Waals surface area contributed by atoms with Crippen LogP contribution >= 0.6 is 0 Å². The van der Waals surface area contributed by atoms with Crippen molar-refractivity contribution in [3.8, 4) is 17.5 Å². The Morgan fingerprint density at radius 3 is 2.70 bits per heavy atom. The molecule has 0 bridgehead atoms. The first-order valence-corrected chi connectivity index (χ1v) is 10.4. The third-order valence-electron chi connectivity index (χ3n) is 5.37. The summed E-state index contributed by atoms with van der Waals surface area (Å²) in [4.78, 5) is 20.9. The predicted molar refractivity (Wildman–Crippen MR) is 110 cm³/mol. The van der Waals surface area contributed by atoms with Gasteiger partial charge in [-0.25, -0.2) is 4.98 Å². The SMILES string of the molecule is CCOc1ncccc1C(=O)NCC1CCC(c2nnc(-c3ccccn3)o2)CC1. The van der Waals surface area contributed by atoms with Gasteiger partial charge in [-0.1, -0.05) is 6.07 Å². The standard InChI is InChI=1S/C22H25N5O3/c1-2-29-21-17(6-5-13-24-21)19(28)25-14-15-8-10-16(11-9-15)20-26-27-22(30-20)18-7-3-4-12-23-18/h3-7,12-13,15-16H,2,8-11,14H2,1H3,(H,25,28). The minimum absolute atomic E-state index is 0.148. The van der Waals surface area contributed by atoms with E-state index in [4.69, 9.17) is 9.15 Å². The number of carbonyl (C=O) groups excluding carboxylic acids is 1. The van der Waals surface area contributed by atoms with Gasteiger partial charge in [0.1, 0.15) is 11.3 Å². The van der Waals surface area contributed by atoms with Crippen LogP contribution in [0.1, 0.15) is 54.8 Å². The summed E-state index contributed by atoms with van der Waals surface area (Å²) in [6.45, 7) is 2.98. The Balaban J connectivity index is 1.28. The van der Waals surface area contributed by atoms with Crippen molar-refractivity contribution in [1.82, 2.24) is 25.5 Å². The van der Waals surface area contributed by atoms with Crippen LogP contribution in [0.4, 0.5) is 0 Å². The largest absolute Gasteiger partial charge is 0.477 e. The minimum atomic E-state index is -0.148. The molecule has 8 nitrogen and oxygen atoms in total. The van der Waals surface area contributed by atoms with Crippen LogP contribution in [0.2, 0.25) is 0 Å². The van der Waals surface area contributed by atoms with Crippen molar-refractivity contribution in [3.63, 3.8) is 0 Å². The highest BCUT2D eigenvalue weighted by Gasteiger charge is 2.27. The third-order valence-corrected chi connectivity index (χ3v) is 5.37. The molecule has 3 aromatic heterocycles. The topological polar surface area (TPSA) is 103 Å². The van der Waals surface area contributed by atoms with Crippen molar-refractivity contribution >= 4 is 5.91 Å². The van der Waals surface area contributed by atoms with Crippen molar-refractivity contribution in [2.24, 2.45) is 5.92 Å². The Hall–Kier alpha value is -3.29. The van der Waals surface area contributed by atoms with Gasteiger partial charge in [0.15, 0.2) is 0 Å². The Morgan fingerprint density at radius 2 is 1.93 bits per heavy atom. The molecule has 0 aromatic carbocycles. The Morgan fingerprint density at radius 1 is 1.10 bits per heavy atom. The molecule has 0 unspecified atom stereocenters. The fourth-order valence-electron chi connectivity index (χ4n) is 3.75. The van der Waals surface area contributed by atoms with Crippen LogP contribution in [-0.2, 0) is 0 Å². The molecule has 0 spiro atoms. The second-order valence-corrected chi connectivity index (χ2v) is 7.38. The summed E-state index contributed by atoms with van der Waals surface area (Å²) in [5, 5.41) is 11.4. The summed E-state index contributed by atoms with van der Waals surface area (Å²) in [6.07, 6.45) is 7.25. The van der Waals surface area contributed by atoms with Gasteiger partial charge in [0.25, 0.3) is 11.8 Å². The van der Waals surface area contributed by atoms with Crippen molar-refractivity contribution in [3.05, 3.63) is 54.2 Å². The molecule has 3 heterocycles. The van der Waals surface area contributed by atoms with Crippen LogP contribution in [0.3, 0.4) is 0 Å². The lowest BCUT2D eigenvalue weighted by Crippen LogP contribution is -2.31. The van der Waals surface area contributed by atoms with E-state index in [-0.39, 0.29) is 11.8 Å². The Kier molecular flexibility index (Phi) is 6.32. The fraction of sp³-hybridized carbons (Fsp3) is 0.409. The average Bonchev–Trinajstić information content (AvgIpc) is 3.29. The zero-order valence-electron chi connectivity index (χ0n) is 17.0. The maximum absolute atomic E-state index is 12.5. The number of rotatable bonds is 7. The smallest absolute Gasteiger partial charge is 0.266 e. The monoisotopic (exact) mass is 407 g/mol. The molecule has 8 heteroatoms. The van der Waals surface area contributed by atoms with Crippen molar-refractivity contribution in [1.29, 1.82) is 0 Å². The van der Waals surface area contributed by atoms with Crippen molar-refractivity contribution < 1.29 is 13.9 Å². The molecular weight excluding hydrogens is 382 g/mol. The van der Waals surface area contributed by atoms with E-state index in [1.165, 1.54) is 0 Å². The molecule has 1 aliphatic carbocycles. The van der Waals surface area contributed by atoms with Crippen LogP contribution in [0.5, 0.6) is 5.88 Å². The summed E-state index contributed by atoms with van der Waals surface area (Å²) >= 11 is 0. The highest BCUT2D eigenvalue weighted by molar-refractivity contribution is 5.96. The zero-order valence-corrected chi connectivity index (χ0v) is 17.0. The highest BCUT2D eigenvalue weighted by Crippen LogP contribution is 2.35. The van der Waals surface area contributed by atoms with E-state index in [0.717, 1.165) is 25.7 Å². The fourth-order valence-corrected chi connectivity index (χ4v) is 3.75. The van der Waals surface area contributed by atoms with Gasteiger partial charge >= 0.3 is 0 Å². The molecule has 0 atom stereocenters. The molecular formula is C22H25N5O3. The molecule has 0 aliphatic heterocycles. The van der Waals surface area contributed by atoms with E-state index >= 15 is 0 Å². The number of nitrogens with one attached hydrogen (secondary N) is 1. The number of hydrogen-bond acceptors (Lipinski definition) is 7. The normalized spacial score (nSPS) is 18.7. The van der Waals surface area contributed by atoms with Crippen LogP contribution in [0, 0.1) is 5.92 Å². The van der Waals surface area contributed by atoms with Gasteiger partial charge in [-0.15, -0.1) is 10.2 Å². The molecule has 30 heavy (non-hydrogen) atoms. The highest BCUT2D eigenvalue weighted by atomic mass is 16.5. The van der Waals surface area contributed by atoms with Gasteiger partial charge in [0.2, 0.25) is 11.8 Å². The van der Waals surface area contributed by atoms with E-state index in [0.29, 0.717) is 48.0 Å². The van der Waals surface area contributed by atoms with Gasteiger partial charge in [-0.3, -0.25) is 9.78 Å². The lowest BCUT2D eigenvalue weighted by Gasteiger charge is -2.26. The van der Waals surface area contributed by atoms with Crippen LogP contribution < -0.4 is 10.1 Å². The number of pyridine rings is 2. The van der Waals surface area contributed by atoms with Gasteiger partial charge in [0, 0.05) is 24.9 Å². The van der Waals surface area contributed by atoms with Crippen LogP contribution in [0.15, 0.2) is 47.1 Å². The second-order valence-electron chi connectivity index (χ2n) is 7.38. The maximum atomic E-state index is 12.5. The van der Waals surface area contributed by atoms with Gasteiger partial charge < -0.3 is 14.5 Å². The van der Waals surface area contributed by atoms with E-state index in [2.05, 4.69) is 25.5 Å². The maximum Gasteiger partial charge on any atom is 0.266 e. The number of carbonyl (C=O) groups is 1. The van der Waals surface area contributed by atoms with E-state index in [9.17, 15) is 4.79 Å². The molecule has 1 aliphatic rings. The molecule has 1 N–H and O–H groups in total. The Labute approximate surface area is 175 Å². The molecule has 1 saturated carbocycles. The quantitative estimate of drug-likeness (QED) is 0.638. The summed E-state index contributed by atoms with van der Waals surface area (Å²) in [5.41, 5.74) is 1.16. The first kappa shape index (κ1) is 20.0. The first-order chi connectivity index (χ1) is 14.7. The molecule has 0 saturated heterocycles. The zero-order chi connectivity index (χ0) is 20.8. The van der Waals surface area contributed by atoms with E-state index < -0.39 is 0 Å². The minimum Gasteiger partial charge on any atom is -0.477 e. The number of hydrogen-bond donors (Lipinski definition) is 1. The van der Waals surface area contributed by atoms with E-state index in [1.54, 1.807) is 24.5 Å². The molecule has 4 rings (SSSR count). The average molecular weight is 407 g/mol. The van der Waals surface area contributed by atoms with Gasteiger partial charge in [-0.05, 0) is 62.8 Å². The van der Waals surface area contributed by atoms with Crippen molar-refractivity contribution in [2.75, 3.05) is 13.2 Å². The van der Waals surface area contributed by atoms with E-state index in [1.807, 2.05) is 25.1 Å². The molecule has 1 fully saturated rings. The first-order valence-electron chi connectivity index (χ1n) is 10.4. The summed E-state index contributed by atoms with van der Waals surface area (Å²) < 4.78 is 11.3. The van der Waals surface area contributed by atoms with Crippen LogP contribution in [0.25, 0.3) is 11.6 Å². The lowest BCUT2D eigenvalue weighted by atomic mass is 9.82. The van der Waals surface area contributed by atoms with Crippen molar-refractivity contribution in [2.45, 2.75) is 38.5 Å². The number of amides is 1. The molecule has 0 radical (unpaired) electrons. The van der Waals surface area contributed by atoms with Gasteiger partial charge in [0.05, 0.1) is 6.61 Å². The third kappa shape index (κ3) is 4.64. The number of ether oxygens (including phenoxy) is 1. The Bertz CT molecular complexity index is 968. The summed E-state index contributed by atoms with van der Waals surface area (Å²) in [5.74, 6) is 2.05. The molecule has 3 aromatic rings. The predicted octanol–water partition coefficient (Wildman–Crippen LogP) is 3.63. The number of aromatic nitrogens is 4. The lowest BCUT2D eigenvalue weighted by molar-refractivity contribution is 0.0937. The van der Waals surface area contributed by atoms with Crippen LogP contribution in [-0.4, -0.2) is 39.2 Å². The summed E-state index contributed by atoms with van der Waals surface area (Å²) in [7, 11) is 0. The molecule has 1 amide bonds. The summed E-state index contributed by atoms with van der Waals surface area (Å²) in [6, 6.07) is 9.09. The number of nitrogens with zero attached hydrogens (tertiary/aromatic N) is 4. The second kappa shape index (κ2) is 9.47. The molecule has 156 valence electrons.